The Balaban J connectivity index is 1.90. The topological polar surface area (TPSA) is 105 Å². The minimum atomic E-state index is -3.65. The molecule has 1 aliphatic rings. The lowest BCUT2D eigenvalue weighted by molar-refractivity contribution is -0.137. The van der Waals surface area contributed by atoms with Crippen molar-refractivity contribution < 1.29 is 27.5 Å². The van der Waals surface area contributed by atoms with E-state index in [-0.39, 0.29) is 36.4 Å². The minimum Gasteiger partial charge on any atom is -0.382 e. The van der Waals surface area contributed by atoms with Crippen molar-refractivity contribution in [3.8, 4) is 0 Å². The molecule has 0 atom stereocenters. The molecule has 1 heterocycles. The van der Waals surface area contributed by atoms with Gasteiger partial charge in [0.2, 0.25) is 21.8 Å². The number of nitrogens with zero attached hydrogens (tertiary/aromatic N) is 2. The molecule has 0 aliphatic carbocycles. The summed E-state index contributed by atoms with van der Waals surface area (Å²) in [5, 5.41) is 2.59. The predicted molar refractivity (Wildman–Crippen MR) is 98.8 cm³/mol. The van der Waals surface area contributed by atoms with Crippen molar-refractivity contribution in [2.24, 2.45) is 0 Å². The molecular formula is C17H25N3O6S. The van der Waals surface area contributed by atoms with Crippen LogP contribution in [0.25, 0.3) is 0 Å². The van der Waals surface area contributed by atoms with Crippen LogP contribution in [0.15, 0.2) is 29.2 Å². The summed E-state index contributed by atoms with van der Waals surface area (Å²) in [5.74, 6) is -0.389. The van der Waals surface area contributed by atoms with Crippen molar-refractivity contribution in [2.45, 2.75) is 11.8 Å². The van der Waals surface area contributed by atoms with Crippen LogP contribution in [-0.4, -0.2) is 82.5 Å². The van der Waals surface area contributed by atoms with Crippen molar-refractivity contribution in [1.29, 1.82) is 0 Å². The van der Waals surface area contributed by atoms with E-state index in [1.807, 2.05) is 0 Å². The molecule has 2 amide bonds. The number of anilines is 1. The lowest BCUT2D eigenvalue weighted by atomic mass is 10.3. The van der Waals surface area contributed by atoms with Crippen LogP contribution >= 0.6 is 0 Å². The molecule has 1 aromatic rings. The first-order valence-electron chi connectivity index (χ1n) is 8.57. The van der Waals surface area contributed by atoms with E-state index in [9.17, 15) is 18.0 Å². The van der Waals surface area contributed by atoms with Gasteiger partial charge in [0.25, 0.3) is 0 Å². The zero-order valence-corrected chi connectivity index (χ0v) is 16.3. The van der Waals surface area contributed by atoms with E-state index in [2.05, 4.69) is 5.32 Å². The van der Waals surface area contributed by atoms with Crippen LogP contribution in [0.4, 0.5) is 5.69 Å². The molecule has 27 heavy (non-hydrogen) atoms. The summed E-state index contributed by atoms with van der Waals surface area (Å²) in [7, 11) is -2.09. The maximum absolute atomic E-state index is 12.7. The largest absolute Gasteiger partial charge is 0.382 e. The van der Waals surface area contributed by atoms with Crippen LogP contribution in [0.1, 0.15) is 6.92 Å². The first-order valence-corrected chi connectivity index (χ1v) is 10.0. The highest BCUT2D eigenvalue weighted by Crippen LogP contribution is 2.20. The number of methoxy groups -OCH3 is 1. The Morgan fingerprint density at radius 2 is 1.70 bits per heavy atom. The average molecular weight is 399 g/mol. The van der Waals surface area contributed by atoms with Gasteiger partial charge in [-0.2, -0.15) is 4.31 Å². The number of ether oxygens (including phenoxy) is 2. The zero-order chi connectivity index (χ0) is 19.9. The van der Waals surface area contributed by atoms with Gasteiger partial charge in [0.15, 0.2) is 0 Å². The predicted octanol–water partition coefficient (Wildman–Crippen LogP) is 0.141. The van der Waals surface area contributed by atoms with Crippen LogP contribution < -0.4 is 5.32 Å². The highest BCUT2D eigenvalue weighted by Gasteiger charge is 2.30. The smallest absolute Gasteiger partial charge is 0.248 e. The summed E-state index contributed by atoms with van der Waals surface area (Å²) in [5.41, 5.74) is 0.533. The third-order valence-corrected chi connectivity index (χ3v) is 5.97. The molecule has 0 unspecified atom stereocenters. The molecule has 1 N–H and O–H groups in total. The second-order valence-electron chi connectivity index (χ2n) is 6.04. The van der Waals surface area contributed by atoms with Gasteiger partial charge in [0.05, 0.1) is 18.1 Å². The number of rotatable bonds is 8. The fourth-order valence-corrected chi connectivity index (χ4v) is 4.06. The van der Waals surface area contributed by atoms with Gasteiger partial charge in [-0.15, -0.1) is 0 Å². The average Bonchev–Trinajstić information content (AvgIpc) is 2.65. The number of amides is 2. The molecular weight excluding hydrogens is 374 g/mol. The first kappa shape index (κ1) is 21.3. The van der Waals surface area contributed by atoms with Gasteiger partial charge in [-0.05, 0) is 24.3 Å². The zero-order valence-electron chi connectivity index (χ0n) is 15.5. The van der Waals surface area contributed by atoms with Gasteiger partial charge < -0.3 is 19.7 Å². The van der Waals surface area contributed by atoms with E-state index in [1.165, 1.54) is 23.4 Å². The summed E-state index contributed by atoms with van der Waals surface area (Å²) in [6, 6.07) is 6.01. The van der Waals surface area contributed by atoms with Crippen molar-refractivity contribution >= 4 is 27.5 Å². The highest BCUT2D eigenvalue weighted by molar-refractivity contribution is 7.89. The summed E-state index contributed by atoms with van der Waals surface area (Å²) in [4.78, 5) is 24.9. The molecule has 10 heteroatoms. The van der Waals surface area contributed by atoms with E-state index in [0.29, 0.717) is 32.0 Å². The van der Waals surface area contributed by atoms with Crippen molar-refractivity contribution in [3.05, 3.63) is 24.3 Å². The second-order valence-corrected chi connectivity index (χ2v) is 7.97. The van der Waals surface area contributed by atoms with Gasteiger partial charge in [-0.3, -0.25) is 9.59 Å². The molecule has 1 saturated heterocycles. The fraction of sp³-hybridized carbons (Fsp3) is 0.529. The number of nitrogens with one attached hydrogen (secondary N) is 1. The number of benzene rings is 1. The second kappa shape index (κ2) is 9.79. The van der Waals surface area contributed by atoms with E-state index < -0.39 is 10.0 Å². The Kier molecular flexibility index (Phi) is 7.72. The monoisotopic (exact) mass is 399 g/mol. The van der Waals surface area contributed by atoms with Crippen LogP contribution in [0.3, 0.4) is 0 Å². The Labute approximate surface area is 159 Å². The minimum absolute atomic E-state index is 0.0410. The van der Waals surface area contributed by atoms with Crippen molar-refractivity contribution in [1.82, 2.24) is 9.21 Å². The number of carbonyl (C=O) groups is 2. The SMILES string of the molecule is COCCOCC(=O)N1CCN(S(=O)(=O)c2ccc(NC(C)=O)cc2)CC1. The molecule has 0 saturated carbocycles. The van der Waals surface area contributed by atoms with Gasteiger partial charge in [-0.1, -0.05) is 0 Å². The number of hydrogen-bond donors (Lipinski definition) is 1. The molecule has 1 aliphatic heterocycles. The number of sulfonamides is 1. The third kappa shape index (κ3) is 5.99. The van der Waals surface area contributed by atoms with E-state index >= 15 is 0 Å². The Morgan fingerprint density at radius 1 is 1.07 bits per heavy atom. The fourth-order valence-electron chi connectivity index (χ4n) is 2.63. The summed E-state index contributed by atoms with van der Waals surface area (Å²) >= 11 is 0. The molecule has 0 aromatic heterocycles. The van der Waals surface area contributed by atoms with Crippen LogP contribution in [0.2, 0.25) is 0 Å². The van der Waals surface area contributed by atoms with Crippen molar-refractivity contribution in [2.75, 3.05) is 58.4 Å². The van der Waals surface area contributed by atoms with Gasteiger partial charge in [0.1, 0.15) is 6.61 Å². The summed E-state index contributed by atoms with van der Waals surface area (Å²) in [6.45, 7) is 3.17. The van der Waals surface area contributed by atoms with Gasteiger partial charge in [-0.25, -0.2) is 8.42 Å². The maximum Gasteiger partial charge on any atom is 0.248 e. The normalized spacial score (nSPS) is 15.6. The molecule has 1 fully saturated rings. The van der Waals surface area contributed by atoms with Gasteiger partial charge in [0, 0.05) is 45.9 Å². The number of piperazine rings is 1. The van der Waals surface area contributed by atoms with Crippen LogP contribution in [0.5, 0.6) is 0 Å². The molecule has 9 nitrogen and oxygen atoms in total. The Hall–Kier alpha value is -2.01. The molecule has 0 bridgehead atoms. The van der Waals surface area contributed by atoms with Crippen LogP contribution in [-0.2, 0) is 29.1 Å². The first-order chi connectivity index (χ1) is 12.8. The molecule has 150 valence electrons. The molecule has 0 spiro atoms. The van der Waals surface area contributed by atoms with Crippen LogP contribution in [0, 0.1) is 0 Å². The lowest BCUT2D eigenvalue weighted by Gasteiger charge is -2.34. The van der Waals surface area contributed by atoms with Crippen molar-refractivity contribution in [3.63, 3.8) is 0 Å². The van der Waals surface area contributed by atoms with Gasteiger partial charge >= 0.3 is 0 Å². The molecule has 2 rings (SSSR count). The van der Waals surface area contributed by atoms with E-state index in [1.54, 1.807) is 24.1 Å². The Morgan fingerprint density at radius 3 is 2.26 bits per heavy atom. The van der Waals surface area contributed by atoms with E-state index in [4.69, 9.17) is 9.47 Å². The molecule has 0 radical (unpaired) electrons. The maximum atomic E-state index is 12.7. The number of carbonyl (C=O) groups excluding carboxylic acids is 2. The number of hydrogen-bond acceptors (Lipinski definition) is 6. The lowest BCUT2D eigenvalue weighted by Crippen LogP contribution is -2.51. The molecule has 1 aromatic carbocycles. The quantitative estimate of drug-likeness (QED) is 0.624. The summed E-state index contributed by atoms with van der Waals surface area (Å²) in [6.07, 6.45) is 0. The van der Waals surface area contributed by atoms with E-state index in [0.717, 1.165) is 0 Å². The Bertz CT molecular complexity index is 742. The third-order valence-electron chi connectivity index (χ3n) is 4.06. The highest BCUT2D eigenvalue weighted by atomic mass is 32.2. The standard InChI is InChI=1S/C17H25N3O6S/c1-14(21)18-15-3-5-16(6-4-15)27(23,24)20-9-7-19(8-10-20)17(22)13-26-12-11-25-2/h3-6H,7-13H2,1-2H3,(H,18,21). The summed E-state index contributed by atoms with van der Waals surface area (Å²) < 4.78 is 36.9.